The van der Waals surface area contributed by atoms with Crippen molar-refractivity contribution >= 4 is 16.6 Å². The van der Waals surface area contributed by atoms with Crippen molar-refractivity contribution in [2.75, 3.05) is 0 Å². The summed E-state index contributed by atoms with van der Waals surface area (Å²) in [6.07, 6.45) is 4.98. The number of carbonyl (C=O) groups is 1. The number of nitrogens with zero attached hydrogens (tertiary/aromatic N) is 1. The zero-order chi connectivity index (χ0) is 12.5. The Bertz CT molecular complexity index is 723. The summed E-state index contributed by atoms with van der Waals surface area (Å²) in [4.78, 5) is 16.5. The van der Waals surface area contributed by atoms with Crippen LogP contribution < -0.4 is 0 Å². The number of pyridine rings is 1. The highest BCUT2D eigenvalue weighted by molar-refractivity contribution is 6.16. The van der Waals surface area contributed by atoms with E-state index in [-0.39, 0.29) is 5.78 Å². The molecule has 0 unspecified atom stereocenters. The van der Waals surface area contributed by atoms with Gasteiger partial charge in [0.1, 0.15) is 5.76 Å². The topological polar surface area (TPSA) is 43.1 Å². The van der Waals surface area contributed by atoms with Crippen LogP contribution in [0.3, 0.4) is 0 Å². The zero-order valence-electron chi connectivity index (χ0n) is 9.88. The van der Waals surface area contributed by atoms with Crippen LogP contribution in [0.1, 0.15) is 21.7 Å². The summed E-state index contributed by atoms with van der Waals surface area (Å²) in [6, 6.07) is 9.26. The minimum Gasteiger partial charge on any atom is -0.469 e. The standard InChI is InChI=1S/C15H11NO2/c1-10-12(6-8-18-10)15(17)13-4-2-3-11-5-7-16-9-14(11)13/h2-9H,1H3. The lowest BCUT2D eigenvalue weighted by atomic mass is 9.99. The normalized spacial score (nSPS) is 10.7. The van der Waals surface area contributed by atoms with Crippen LogP contribution in [0.2, 0.25) is 0 Å². The van der Waals surface area contributed by atoms with Crippen molar-refractivity contribution in [1.29, 1.82) is 0 Å². The van der Waals surface area contributed by atoms with Crippen molar-refractivity contribution < 1.29 is 9.21 Å². The van der Waals surface area contributed by atoms with Crippen molar-refractivity contribution in [2.24, 2.45) is 0 Å². The fourth-order valence-corrected chi connectivity index (χ4v) is 2.08. The predicted molar refractivity (Wildman–Crippen MR) is 68.6 cm³/mol. The predicted octanol–water partition coefficient (Wildman–Crippen LogP) is 3.37. The molecule has 3 nitrogen and oxygen atoms in total. The molecular weight excluding hydrogens is 226 g/mol. The van der Waals surface area contributed by atoms with Crippen molar-refractivity contribution in [2.45, 2.75) is 6.92 Å². The molecule has 0 bridgehead atoms. The number of hydrogen-bond donors (Lipinski definition) is 0. The Hall–Kier alpha value is -2.42. The van der Waals surface area contributed by atoms with Gasteiger partial charge in [-0.05, 0) is 24.4 Å². The maximum atomic E-state index is 12.5. The fraction of sp³-hybridized carbons (Fsp3) is 0.0667. The van der Waals surface area contributed by atoms with Crippen molar-refractivity contribution in [3.05, 3.63) is 65.9 Å². The number of ketones is 1. The van der Waals surface area contributed by atoms with Gasteiger partial charge in [0.25, 0.3) is 0 Å². The lowest BCUT2D eigenvalue weighted by molar-refractivity contribution is 0.103. The average Bonchev–Trinajstić information content (AvgIpc) is 2.83. The lowest BCUT2D eigenvalue weighted by Crippen LogP contribution is -2.02. The number of rotatable bonds is 2. The molecular formula is C15H11NO2. The Kier molecular flexibility index (Phi) is 2.45. The van der Waals surface area contributed by atoms with E-state index in [0.717, 1.165) is 10.8 Å². The van der Waals surface area contributed by atoms with Gasteiger partial charge < -0.3 is 4.42 Å². The molecule has 88 valence electrons. The van der Waals surface area contributed by atoms with Crippen LogP contribution in [0, 0.1) is 6.92 Å². The summed E-state index contributed by atoms with van der Waals surface area (Å²) in [5.41, 5.74) is 1.26. The highest BCUT2D eigenvalue weighted by Gasteiger charge is 2.16. The zero-order valence-corrected chi connectivity index (χ0v) is 9.88. The number of carbonyl (C=O) groups excluding carboxylic acids is 1. The first-order chi connectivity index (χ1) is 8.77. The van der Waals surface area contributed by atoms with E-state index < -0.39 is 0 Å². The Morgan fingerprint density at radius 2 is 2.06 bits per heavy atom. The van der Waals surface area contributed by atoms with E-state index in [1.165, 1.54) is 6.26 Å². The van der Waals surface area contributed by atoms with Gasteiger partial charge in [0, 0.05) is 23.3 Å². The summed E-state index contributed by atoms with van der Waals surface area (Å²) < 4.78 is 5.18. The van der Waals surface area contributed by atoms with Gasteiger partial charge >= 0.3 is 0 Å². The van der Waals surface area contributed by atoms with E-state index in [1.54, 1.807) is 25.4 Å². The van der Waals surface area contributed by atoms with E-state index in [1.807, 2.05) is 24.3 Å². The third-order valence-corrected chi connectivity index (χ3v) is 3.03. The van der Waals surface area contributed by atoms with Crippen molar-refractivity contribution in [3.8, 4) is 0 Å². The molecule has 2 heterocycles. The molecule has 3 aromatic rings. The van der Waals surface area contributed by atoms with Crippen LogP contribution in [-0.2, 0) is 0 Å². The molecule has 3 heteroatoms. The van der Waals surface area contributed by atoms with Gasteiger partial charge in [-0.3, -0.25) is 9.78 Å². The van der Waals surface area contributed by atoms with E-state index in [0.29, 0.717) is 16.9 Å². The molecule has 0 radical (unpaired) electrons. The third-order valence-electron chi connectivity index (χ3n) is 3.03. The fourth-order valence-electron chi connectivity index (χ4n) is 2.08. The maximum absolute atomic E-state index is 12.5. The van der Waals surface area contributed by atoms with Crippen LogP contribution in [-0.4, -0.2) is 10.8 Å². The Labute approximate surface area is 104 Å². The van der Waals surface area contributed by atoms with E-state index in [2.05, 4.69) is 4.98 Å². The van der Waals surface area contributed by atoms with Gasteiger partial charge in [0.2, 0.25) is 0 Å². The second-order valence-corrected chi connectivity index (χ2v) is 4.12. The summed E-state index contributed by atoms with van der Waals surface area (Å²) in [6.45, 7) is 1.79. The molecule has 0 saturated heterocycles. The molecule has 1 aromatic carbocycles. The van der Waals surface area contributed by atoms with E-state index in [9.17, 15) is 4.79 Å². The van der Waals surface area contributed by atoms with Gasteiger partial charge in [0.15, 0.2) is 5.78 Å². The van der Waals surface area contributed by atoms with Gasteiger partial charge in [0.05, 0.1) is 11.8 Å². The molecule has 0 N–H and O–H groups in total. The summed E-state index contributed by atoms with van der Waals surface area (Å²) in [7, 11) is 0. The maximum Gasteiger partial charge on any atom is 0.197 e. The summed E-state index contributed by atoms with van der Waals surface area (Å²) in [5, 5.41) is 1.88. The molecule has 3 rings (SSSR count). The first-order valence-corrected chi connectivity index (χ1v) is 5.69. The quantitative estimate of drug-likeness (QED) is 0.642. The molecule has 0 atom stereocenters. The highest BCUT2D eigenvalue weighted by Crippen LogP contribution is 2.22. The molecule has 0 amide bonds. The molecule has 0 aliphatic heterocycles. The number of aryl methyl sites for hydroxylation is 1. The van der Waals surface area contributed by atoms with Crippen molar-refractivity contribution in [1.82, 2.24) is 4.98 Å². The van der Waals surface area contributed by atoms with Crippen LogP contribution in [0.25, 0.3) is 10.8 Å². The second-order valence-electron chi connectivity index (χ2n) is 4.12. The third kappa shape index (κ3) is 1.61. The van der Waals surface area contributed by atoms with Gasteiger partial charge in [-0.1, -0.05) is 18.2 Å². The average molecular weight is 237 g/mol. The van der Waals surface area contributed by atoms with Crippen LogP contribution in [0.15, 0.2) is 53.4 Å². The molecule has 18 heavy (non-hydrogen) atoms. The Morgan fingerprint density at radius 1 is 1.17 bits per heavy atom. The van der Waals surface area contributed by atoms with E-state index >= 15 is 0 Å². The summed E-state index contributed by atoms with van der Waals surface area (Å²) >= 11 is 0. The first-order valence-electron chi connectivity index (χ1n) is 5.69. The van der Waals surface area contributed by atoms with Crippen LogP contribution in [0.4, 0.5) is 0 Å². The molecule has 0 spiro atoms. The smallest absolute Gasteiger partial charge is 0.197 e. The lowest BCUT2D eigenvalue weighted by Gasteiger charge is -2.04. The van der Waals surface area contributed by atoms with Crippen LogP contribution in [0.5, 0.6) is 0 Å². The van der Waals surface area contributed by atoms with Gasteiger partial charge in [-0.25, -0.2) is 0 Å². The van der Waals surface area contributed by atoms with E-state index in [4.69, 9.17) is 4.42 Å². The Morgan fingerprint density at radius 3 is 2.83 bits per heavy atom. The molecule has 0 fully saturated rings. The number of fused-ring (bicyclic) bond motifs is 1. The molecule has 0 saturated carbocycles. The highest BCUT2D eigenvalue weighted by atomic mass is 16.3. The van der Waals surface area contributed by atoms with Crippen molar-refractivity contribution in [3.63, 3.8) is 0 Å². The first kappa shape index (κ1) is 10.7. The number of benzene rings is 1. The minimum absolute atomic E-state index is 0.0279. The monoisotopic (exact) mass is 237 g/mol. The summed E-state index contributed by atoms with van der Waals surface area (Å²) in [5.74, 6) is 0.612. The minimum atomic E-state index is -0.0279. The Balaban J connectivity index is 2.21. The van der Waals surface area contributed by atoms with Crippen LogP contribution >= 0.6 is 0 Å². The second kappa shape index (κ2) is 4.11. The molecule has 0 aliphatic rings. The number of aromatic nitrogens is 1. The van der Waals surface area contributed by atoms with Gasteiger partial charge in [-0.15, -0.1) is 0 Å². The number of hydrogen-bond acceptors (Lipinski definition) is 3. The molecule has 2 aromatic heterocycles. The van der Waals surface area contributed by atoms with Gasteiger partial charge in [-0.2, -0.15) is 0 Å². The number of furan rings is 1. The molecule has 0 aliphatic carbocycles. The largest absolute Gasteiger partial charge is 0.469 e. The SMILES string of the molecule is Cc1occc1C(=O)c1cccc2ccncc12.